The van der Waals surface area contributed by atoms with Gasteiger partial charge in [0, 0.05) is 23.4 Å². The lowest BCUT2D eigenvalue weighted by Crippen LogP contribution is -2.43. The normalized spacial score (nSPS) is 18.1. The first kappa shape index (κ1) is 24.1. The fourth-order valence-electron chi connectivity index (χ4n) is 2.42. The third kappa shape index (κ3) is 5.72. The third-order valence-electron chi connectivity index (χ3n) is 4.65. The first-order valence-corrected chi connectivity index (χ1v) is 9.32. The Balaban J connectivity index is 2.38. The molecule has 0 aromatic carbocycles. The summed E-state index contributed by atoms with van der Waals surface area (Å²) in [4.78, 5) is 28.1. The largest absolute Gasteiger partial charge is 0.498 e. The lowest BCUT2D eigenvalue weighted by Gasteiger charge is -2.32. The molecule has 1 saturated heterocycles. The number of carbonyl (C=O) groups is 2. The fourth-order valence-corrected chi connectivity index (χ4v) is 2.42. The molecule has 10 nitrogen and oxygen atoms in total. The van der Waals surface area contributed by atoms with Gasteiger partial charge in [0.05, 0.1) is 11.2 Å². The van der Waals surface area contributed by atoms with Gasteiger partial charge in [0.1, 0.15) is 11.4 Å². The van der Waals surface area contributed by atoms with E-state index in [1.807, 2.05) is 27.7 Å². The van der Waals surface area contributed by atoms with Crippen LogP contribution in [-0.2, 0) is 18.8 Å². The summed E-state index contributed by atoms with van der Waals surface area (Å²) < 4.78 is 17.3. The second kappa shape index (κ2) is 7.84. The number of rotatable bonds is 4. The SMILES string of the molecule is [B]C(O)(O)C(=O)Nc1cc(NC(=O)OC(C)(C)C)c(B2OC(C)(C)C(C)(C)O2)cn1. The van der Waals surface area contributed by atoms with Crippen LogP contribution in [0.4, 0.5) is 16.3 Å². The number of anilines is 2. The van der Waals surface area contributed by atoms with Crippen molar-refractivity contribution in [2.75, 3.05) is 10.6 Å². The zero-order valence-corrected chi connectivity index (χ0v) is 18.2. The van der Waals surface area contributed by atoms with Crippen LogP contribution in [0.5, 0.6) is 0 Å². The van der Waals surface area contributed by atoms with Crippen LogP contribution in [-0.4, -0.2) is 64.7 Å². The smallest absolute Gasteiger partial charge is 0.444 e. The Kier molecular flexibility index (Phi) is 6.31. The summed E-state index contributed by atoms with van der Waals surface area (Å²) in [6, 6.07) is 1.30. The van der Waals surface area contributed by atoms with Gasteiger partial charge < -0.3 is 29.6 Å². The Morgan fingerprint density at radius 3 is 2.13 bits per heavy atom. The van der Waals surface area contributed by atoms with Gasteiger partial charge in [-0.3, -0.25) is 10.1 Å². The van der Waals surface area contributed by atoms with Crippen molar-refractivity contribution in [3.05, 3.63) is 12.3 Å². The van der Waals surface area contributed by atoms with Gasteiger partial charge in [-0.05, 0) is 48.5 Å². The Labute approximate surface area is 177 Å². The van der Waals surface area contributed by atoms with Gasteiger partial charge in [-0.1, -0.05) is 0 Å². The minimum absolute atomic E-state index is 0.0933. The number of nitrogens with zero attached hydrogens (tertiary/aromatic N) is 1. The van der Waals surface area contributed by atoms with Crippen LogP contribution in [0.25, 0.3) is 0 Å². The van der Waals surface area contributed by atoms with Gasteiger partial charge in [0.25, 0.3) is 5.91 Å². The molecule has 1 aliphatic heterocycles. The molecular formula is C18H27B2N3O7. The molecule has 0 spiro atoms. The molecule has 1 aromatic rings. The summed E-state index contributed by atoms with van der Waals surface area (Å²) in [5, 5.41) is 23.1. The molecule has 162 valence electrons. The first-order valence-electron chi connectivity index (χ1n) is 9.32. The van der Waals surface area contributed by atoms with E-state index in [0.29, 0.717) is 5.46 Å². The molecule has 2 amide bonds. The van der Waals surface area contributed by atoms with Crippen molar-refractivity contribution in [3.63, 3.8) is 0 Å². The summed E-state index contributed by atoms with van der Waals surface area (Å²) >= 11 is 0. The molecule has 0 saturated carbocycles. The highest BCUT2D eigenvalue weighted by Gasteiger charge is 2.52. The minimum atomic E-state index is -3.09. The Hall–Kier alpha value is -2.14. The second-order valence-corrected chi connectivity index (χ2v) is 9.05. The second-order valence-electron chi connectivity index (χ2n) is 9.05. The first-order chi connectivity index (χ1) is 13.4. The van der Waals surface area contributed by atoms with Crippen LogP contribution in [0.1, 0.15) is 48.5 Å². The molecule has 1 fully saturated rings. The van der Waals surface area contributed by atoms with Gasteiger partial charge in [-0.15, -0.1) is 0 Å². The molecule has 0 bridgehead atoms. The molecular weight excluding hydrogens is 392 g/mol. The average molecular weight is 419 g/mol. The molecule has 0 atom stereocenters. The zero-order valence-electron chi connectivity index (χ0n) is 18.2. The van der Waals surface area contributed by atoms with Crippen LogP contribution < -0.4 is 16.1 Å². The number of ether oxygens (including phenoxy) is 1. The zero-order chi connectivity index (χ0) is 23.1. The van der Waals surface area contributed by atoms with Crippen molar-refractivity contribution < 1.29 is 33.8 Å². The van der Waals surface area contributed by atoms with Crippen LogP contribution in [0, 0.1) is 0 Å². The molecule has 0 unspecified atom stereocenters. The fraction of sp³-hybridized carbons (Fsp3) is 0.611. The van der Waals surface area contributed by atoms with Crippen molar-refractivity contribution in [3.8, 4) is 0 Å². The maximum atomic E-state index is 12.3. The number of carbonyl (C=O) groups excluding carboxylic acids is 2. The highest BCUT2D eigenvalue weighted by atomic mass is 16.7. The van der Waals surface area contributed by atoms with Crippen LogP contribution in [0.2, 0.25) is 0 Å². The van der Waals surface area contributed by atoms with E-state index < -0.39 is 41.6 Å². The molecule has 2 heterocycles. The number of aliphatic hydroxyl groups is 2. The highest BCUT2D eigenvalue weighted by Crippen LogP contribution is 2.37. The molecule has 0 aliphatic carbocycles. The Morgan fingerprint density at radius 2 is 1.67 bits per heavy atom. The number of aromatic nitrogens is 1. The summed E-state index contributed by atoms with van der Waals surface area (Å²) in [5.74, 6) is -1.40. The number of hydrogen-bond donors (Lipinski definition) is 4. The lowest BCUT2D eigenvalue weighted by atomic mass is 9.79. The van der Waals surface area contributed by atoms with Crippen molar-refractivity contribution in [2.45, 2.75) is 71.0 Å². The molecule has 1 aromatic heterocycles. The molecule has 2 rings (SSSR count). The van der Waals surface area contributed by atoms with Gasteiger partial charge >= 0.3 is 13.2 Å². The van der Waals surface area contributed by atoms with Gasteiger partial charge in [0.15, 0.2) is 13.5 Å². The van der Waals surface area contributed by atoms with Gasteiger partial charge in [0.2, 0.25) is 0 Å². The topological polar surface area (TPSA) is 139 Å². The van der Waals surface area contributed by atoms with Crippen molar-refractivity contribution >= 4 is 43.9 Å². The summed E-state index contributed by atoms with van der Waals surface area (Å²) in [6.07, 6.45) is 0.582. The average Bonchev–Trinajstić information content (AvgIpc) is 2.72. The number of pyridine rings is 1. The van der Waals surface area contributed by atoms with E-state index in [9.17, 15) is 19.8 Å². The number of amides is 2. The van der Waals surface area contributed by atoms with Gasteiger partial charge in [-0.25, -0.2) is 9.78 Å². The quantitative estimate of drug-likeness (QED) is 0.408. The van der Waals surface area contributed by atoms with Crippen LogP contribution >= 0.6 is 0 Å². The van der Waals surface area contributed by atoms with Crippen LogP contribution in [0.3, 0.4) is 0 Å². The standard InChI is InChI=1S/C18H27B2N3O7/c1-15(2,3)28-14(25)22-11-8-12(23-13(24)18(19,26)27)21-9-10(11)20-29-16(4,5)17(6,7)30-20/h8-9,26-27H,1-7H3,(H2,21,22,23,24,25). The minimum Gasteiger partial charge on any atom is -0.444 e. The van der Waals surface area contributed by atoms with E-state index in [2.05, 4.69) is 15.6 Å². The van der Waals surface area contributed by atoms with Crippen molar-refractivity contribution in [1.82, 2.24) is 4.98 Å². The maximum absolute atomic E-state index is 12.3. The molecule has 1 aliphatic rings. The summed E-state index contributed by atoms with van der Waals surface area (Å²) in [5.41, 5.74) is -4.55. The van der Waals surface area contributed by atoms with E-state index in [4.69, 9.17) is 21.9 Å². The molecule has 12 heteroatoms. The van der Waals surface area contributed by atoms with E-state index in [0.717, 1.165) is 0 Å². The Morgan fingerprint density at radius 1 is 1.13 bits per heavy atom. The predicted molar refractivity (Wildman–Crippen MR) is 111 cm³/mol. The lowest BCUT2D eigenvalue weighted by molar-refractivity contribution is -0.152. The third-order valence-corrected chi connectivity index (χ3v) is 4.65. The number of hydrogen-bond acceptors (Lipinski definition) is 8. The highest BCUT2D eigenvalue weighted by molar-refractivity contribution is 6.64. The van der Waals surface area contributed by atoms with Gasteiger partial charge in [-0.2, -0.15) is 0 Å². The monoisotopic (exact) mass is 419 g/mol. The van der Waals surface area contributed by atoms with E-state index in [1.165, 1.54) is 12.3 Å². The molecule has 4 N–H and O–H groups in total. The molecule has 30 heavy (non-hydrogen) atoms. The molecule has 2 radical (unpaired) electrons. The van der Waals surface area contributed by atoms with E-state index >= 15 is 0 Å². The summed E-state index contributed by atoms with van der Waals surface area (Å²) in [6.45, 7) is 12.6. The van der Waals surface area contributed by atoms with Crippen LogP contribution in [0.15, 0.2) is 12.3 Å². The maximum Gasteiger partial charge on any atom is 0.498 e. The summed E-state index contributed by atoms with van der Waals surface area (Å²) in [7, 11) is 4.09. The Bertz CT molecular complexity index is 816. The number of nitrogens with one attached hydrogen (secondary N) is 2. The van der Waals surface area contributed by atoms with Crippen molar-refractivity contribution in [1.29, 1.82) is 0 Å². The van der Waals surface area contributed by atoms with E-state index in [-0.39, 0.29) is 11.5 Å². The van der Waals surface area contributed by atoms with E-state index in [1.54, 1.807) is 20.8 Å². The predicted octanol–water partition coefficient (Wildman–Crippen LogP) is 0.473. The van der Waals surface area contributed by atoms with Crippen molar-refractivity contribution in [2.24, 2.45) is 0 Å².